The molecule has 0 aliphatic carbocycles. The van der Waals surface area contributed by atoms with Crippen LogP contribution in [-0.2, 0) is 0 Å². The van der Waals surface area contributed by atoms with Crippen LogP contribution in [0, 0.1) is 10.1 Å². The molecule has 31 heavy (non-hydrogen) atoms. The van der Waals surface area contributed by atoms with E-state index in [0.717, 1.165) is 0 Å². The molecule has 3 aromatic rings. The number of hydrogen-bond donors (Lipinski definition) is 0. The fraction of sp³-hybridized carbons (Fsp3) is 0.0435. The van der Waals surface area contributed by atoms with Gasteiger partial charge in [-0.1, -0.05) is 6.07 Å². The highest BCUT2D eigenvalue weighted by molar-refractivity contribution is 6.14. The van der Waals surface area contributed by atoms with Gasteiger partial charge < -0.3 is 14.2 Å². The molecule has 0 fully saturated rings. The smallest absolute Gasteiger partial charge is 0.343 e. The van der Waals surface area contributed by atoms with E-state index in [-0.39, 0.29) is 28.7 Å². The number of ether oxygens (including phenoxy) is 3. The van der Waals surface area contributed by atoms with Crippen molar-refractivity contribution in [3.63, 3.8) is 0 Å². The molecule has 0 unspecified atom stereocenters. The minimum absolute atomic E-state index is 0.0494. The maximum absolute atomic E-state index is 12.6. The second-order valence-electron chi connectivity index (χ2n) is 6.57. The average molecular weight is 417 g/mol. The van der Waals surface area contributed by atoms with Crippen LogP contribution in [0.1, 0.15) is 26.3 Å². The Balaban J connectivity index is 1.52. The standard InChI is InChI=1S/C23H15NO7/c1-29-17-4-2-3-15(12-17)23(26)30-18-9-10-19-20(13-18)31-21(22(19)25)11-14-5-7-16(8-6-14)24(27)28/h2-13H,1H3. The van der Waals surface area contributed by atoms with E-state index in [4.69, 9.17) is 14.2 Å². The molecule has 8 nitrogen and oxygen atoms in total. The number of ketones is 1. The molecule has 1 heterocycles. The largest absolute Gasteiger partial charge is 0.497 e. The Kier molecular flexibility index (Phi) is 5.19. The van der Waals surface area contributed by atoms with Crippen LogP contribution < -0.4 is 14.2 Å². The Labute approximate surface area is 176 Å². The number of esters is 1. The van der Waals surface area contributed by atoms with Gasteiger partial charge in [-0.3, -0.25) is 14.9 Å². The topological polar surface area (TPSA) is 105 Å². The number of non-ortho nitro benzene ring substituents is 1. The van der Waals surface area contributed by atoms with Gasteiger partial charge in [0.1, 0.15) is 17.2 Å². The lowest BCUT2D eigenvalue weighted by Crippen LogP contribution is -2.08. The summed E-state index contributed by atoms with van der Waals surface area (Å²) in [6, 6.07) is 16.8. The zero-order chi connectivity index (χ0) is 22.0. The Hall–Kier alpha value is -4.46. The van der Waals surface area contributed by atoms with Crippen LogP contribution in [0.15, 0.2) is 72.5 Å². The highest BCUT2D eigenvalue weighted by atomic mass is 16.6. The Bertz CT molecular complexity index is 1230. The predicted octanol–water partition coefficient (Wildman–Crippen LogP) is 4.44. The number of methoxy groups -OCH3 is 1. The molecular weight excluding hydrogens is 402 g/mol. The number of carbonyl (C=O) groups is 2. The quantitative estimate of drug-likeness (QED) is 0.199. The molecule has 8 heteroatoms. The molecular formula is C23H15NO7. The fourth-order valence-electron chi connectivity index (χ4n) is 2.99. The van der Waals surface area contributed by atoms with Crippen molar-refractivity contribution in [3.05, 3.63) is 99.3 Å². The minimum atomic E-state index is -0.579. The molecule has 0 N–H and O–H groups in total. The van der Waals surface area contributed by atoms with E-state index in [1.54, 1.807) is 24.3 Å². The number of fused-ring (bicyclic) bond motifs is 1. The molecule has 0 amide bonds. The van der Waals surface area contributed by atoms with E-state index in [1.807, 2.05) is 0 Å². The Morgan fingerprint density at radius 2 is 1.81 bits per heavy atom. The first-order chi connectivity index (χ1) is 14.9. The van der Waals surface area contributed by atoms with E-state index < -0.39 is 10.9 Å². The molecule has 0 saturated carbocycles. The second kappa shape index (κ2) is 8.11. The lowest BCUT2D eigenvalue weighted by Gasteiger charge is -2.07. The maximum atomic E-state index is 12.6. The Morgan fingerprint density at radius 3 is 2.52 bits per heavy atom. The van der Waals surface area contributed by atoms with E-state index >= 15 is 0 Å². The van der Waals surface area contributed by atoms with Gasteiger partial charge in [0.25, 0.3) is 5.69 Å². The van der Waals surface area contributed by atoms with Gasteiger partial charge in [0, 0.05) is 18.2 Å². The van der Waals surface area contributed by atoms with Crippen LogP contribution in [0.25, 0.3) is 6.08 Å². The highest BCUT2D eigenvalue weighted by Gasteiger charge is 2.28. The molecule has 154 valence electrons. The van der Waals surface area contributed by atoms with Crippen molar-refractivity contribution in [2.75, 3.05) is 7.11 Å². The lowest BCUT2D eigenvalue weighted by molar-refractivity contribution is -0.384. The van der Waals surface area contributed by atoms with Crippen LogP contribution in [-0.4, -0.2) is 23.8 Å². The third kappa shape index (κ3) is 4.13. The molecule has 4 rings (SSSR count). The number of benzene rings is 3. The van der Waals surface area contributed by atoms with Gasteiger partial charge in [0.2, 0.25) is 5.78 Å². The fourth-order valence-corrected chi connectivity index (χ4v) is 2.99. The van der Waals surface area contributed by atoms with Gasteiger partial charge in [0.05, 0.1) is 23.2 Å². The molecule has 1 aliphatic rings. The number of nitro groups is 1. The van der Waals surface area contributed by atoms with Crippen LogP contribution in [0.5, 0.6) is 17.2 Å². The highest BCUT2D eigenvalue weighted by Crippen LogP contribution is 2.35. The summed E-state index contributed by atoms with van der Waals surface area (Å²) in [5, 5.41) is 10.8. The van der Waals surface area contributed by atoms with E-state index in [9.17, 15) is 19.7 Å². The maximum Gasteiger partial charge on any atom is 0.343 e. The van der Waals surface area contributed by atoms with Crippen LogP contribution in [0.2, 0.25) is 0 Å². The number of Topliss-reactive ketones (excluding diaryl/α,β-unsaturated/α-hetero) is 1. The van der Waals surface area contributed by atoms with Gasteiger partial charge in [0.15, 0.2) is 5.76 Å². The van der Waals surface area contributed by atoms with Crippen LogP contribution >= 0.6 is 0 Å². The summed E-state index contributed by atoms with van der Waals surface area (Å²) >= 11 is 0. The normalized spacial score (nSPS) is 13.5. The molecule has 0 atom stereocenters. The zero-order valence-electron chi connectivity index (χ0n) is 16.2. The summed E-state index contributed by atoms with van der Waals surface area (Å²) in [6.45, 7) is 0. The van der Waals surface area contributed by atoms with Gasteiger partial charge in [-0.2, -0.15) is 0 Å². The van der Waals surface area contributed by atoms with E-state index in [1.165, 1.54) is 55.7 Å². The van der Waals surface area contributed by atoms with E-state index in [2.05, 4.69) is 0 Å². The first-order valence-electron chi connectivity index (χ1n) is 9.13. The van der Waals surface area contributed by atoms with Crippen molar-refractivity contribution in [1.29, 1.82) is 0 Å². The van der Waals surface area contributed by atoms with Crippen molar-refractivity contribution in [1.82, 2.24) is 0 Å². The van der Waals surface area contributed by atoms with Gasteiger partial charge in [-0.15, -0.1) is 0 Å². The molecule has 0 saturated heterocycles. The summed E-state index contributed by atoms with van der Waals surface area (Å²) in [4.78, 5) is 35.2. The SMILES string of the molecule is COc1cccc(C(=O)Oc2ccc3c(c2)OC(=Cc2ccc([N+](=O)[O-])cc2)C3=O)c1. The lowest BCUT2D eigenvalue weighted by atomic mass is 10.1. The average Bonchev–Trinajstić information content (AvgIpc) is 3.08. The minimum Gasteiger partial charge on any atom is -0.497 e. The van der Waals surface area contributed by atoms with Crippen molar-refractivity contribution < 1.29 is 28.7 Å². The summed E-state index contributed by atoms with van der Waals surface area (Å²) in [6.07, 6.45) is 1.49. The molecule has 0 spiro atoms. The van der Waals surface area contributed by atoms with Crippen LogP contribution in [0.3, 0.4) is 0 Å². The van der Waals surface area contributed by atoms with Crippen molar-refractivity contribution in [2.45, 2.75) is 0 Å². The Morgan fingerprint density at radius 1 is 1.03 bits per heavy atom. The molecule has 0 bridgehead atoms. The first kappa shape index (κ1) is 19.8. The summed E-state index contributed by atoms with van der Waals surface area (Å²) < 4.78 is 16.1. The van der Waals surface area contributed by atoms with Gasteiger partial charge >= 0.3 is 5.97 Å². The molecule has 0 radical (unpaired) electrons. The monoisotopic (exact) mass is 417 g/mol. The van der Waals surface area contributed by atoms with E-state index in [0.29, 0.717) is 22.4 Å². The number of nitrogens with zero attached hydrogens (tertiary/aromatic N) is 1. The summed E-state index contributed by atoms with van der Waals surface area (Å²) in [7, 11) is 1.50. The summed E-state index contributed by atoms with van der Waals surface area (Å²) in [5.74, 6) is 0.160. The zero-order valence-corrected chi connectivity index (χ0v) is 16.2. The number of hydrogen-bond acceptors (Lipinski definition) is 7. The molecule has 0 aromatic heterocycles. The molecule has 3 aromatic carbocycles. The van der Waals surface area contributed by atoms with Gasteiger partial charge in [-0.05, 0) is 54.1 Å². The number of allylic oxidation sites excluding steroid dienone is 1. The first-order valence-corrected chi connectivity index (χ1v) is 9.13. The molecule has 1 aliphatic heterocycles. The number of carbonyl (C=O) groups excluding carboxylic acids is 2. The number of rotatable bonds is 5. The second-order valence-corrected chi connectivity index (χ2v) is 6.57. The van der Waals surface area contributed by atoms with Gasteiger partial charge in [-0.25, -0.2) is 4.79 Å². The van der Waals surface area contributed by atoms with Crippen molar-refractivity contribution in [3.8, 4) is 17.2 Å². The number of nitro benzene ring substituents is 1. The third-order valence-corrected chi connectivity index (χ3v) is 4.56. The third-order valence-electron chi connectivity index (χ3n) is 4.56. The van der Waals surface area contributed by atoms with Crippen molar-refractivity contribution >= 4 is 23.5 Å². The predicted molar refractivity (Wildman–Crippen MR) is 110 cm³/mol. The van der Waals surface area contributed by atoms with Crippen LogP contribution in [0.4, 0.5) is 5.69 Å². The summed E-state index contributed by atoms with van der Waals surface area (Å²) in [5.41, 5.74) is 1.17. The van der Waals surface area contributed by atoms with Crippen molar-refractivity contribution in [2.24, 2.45) is 0 Å².